The monoisotopic (exact) mass is 389 g/mol. The van der Waals surface area contributed by atoms with Crippen molar-refractivity contribution in [2.75, 3.05) is 11.5 Å². The van der Waals surface area contributed by atoms with Gasteiger partial charge < -0.3 is 0 Å². The summed E-state index contributed by atoms with van der Waals surface area (Å²) in [5, 5.41) is 2.17. The highest BCUT2D eigenvalue weighted by atomic mass is 32.2. The van der Waals surface area contributed by atoms with Gasteiger partial charge in [-0.15, -0.1) is 0 Å². The third kappa shape index (κ3) is 3.12. The van der Waals surface area contributed by atoms with Crippen LogP contribution in [0.15, 0.2) is 47.4 Å². The lowest BCUT2D eigenvalue weighted by molar-refractivity contribution is -0.123. The van der Waals surface area contributed by atoms with E-state index in [0.29, 0.717) is 15.6 Å². The number of hydrogen-bond donors (Lipinski definition) is 0. The number of thiocarbonyl (C=S) groups is 1. The van der Waals surface area contributed by atoms with Gasteiger partial charge in [-0.2, -0.15) is 0 Å². The summed E-state index contributed by atoms with van der Waals surface area (Å²) in [6, 6.07) is 13.6. The molecule has 2 aromatic rings. The van der Waals surface area contributed by atoms with E-state index >= 15 is 0 Å². The van der Waals surface area contributed by atoms with Crippen LogP contribution < -0.4 is 0 Å². The Kier molecular flexibility index (Phi) is 4.17. The molecule has 2 heterocycles. The lowest BCUT2D eigenvalue weighted by atomic mass is 10.0. The van der Waals surface area contributed by atoms with Crippen molar-refractivity contribution in [2.45, 2.75) is 12.5 Å². The van der Waals surface area contributed by atoms with Crippen molar-refractivity contribution in [1.82, 2.24) is 4.90 Å². The number of thioether (sulfide) groups is 1. The molecule has 7 heteroatoms. The third-order valence-corrected chi connectivity index (χ3v) is 7.59. The summed E-state index contributed by atoms with van der Waals surface area (Å²) in [5.41, 5.74) is 0.956. The van der Waals surface area contributed by atoms with Crippen LogP contribution >= 0.6 is 24.0 Å². The van der Waals surface area contributed by atoms with Gasteiger partial charge in [0.05, 0.1) is 22.5 Å². The molecule has 1 atom stereocenters. The molecule has 4 nitrogen and oxygen atoms in total. The van der Waals surface area contributed by atoms with Crippen molar-refractivity contribution >= 4 is 60.9 Å². The highest BCUT2D eigenvalue weighted by Crippen LogP contribution is 2.37. The van der Waals surface area contributed by atoms with Crippen LogP contribution in [0.2, 0.25) is 0 Å². The first-order valence-electron chi connectivity index (χ1n) is 7.90. The molecule has 0 radical (unpaired) electrons. The number of hydrogen-bond acceptors (Lipinski definition) is 5. The first-order chi connectivity index (χ1) is 11.9. The minimum atomic E-state index is -3.07. The van der Waals surface area contributed by atoms with E-state index in [9.17, 15) is 13.2 Å². The van der Waals surface area contributed by atoms with Gasteiger partial charge >= 0.3 is 0 Å². The average molecular weight is 390 g/mol. The summed E-state index contributed by atoms with van der Waals surface area (Å²) >= 11 is 6.60. The van der Waals surface area contributed by atoms with Crippen LogP contribution in [-0.2, 0) is 14.6 Å². The molecule has 25 heavy (non-hydrogen) atoms. The van der Waals surface area contributed by atoms with Crippen LogP contribution in [0.4, 0.5) is 0 Å². The molecule has 2 aromatic carbocycles. The molecule has 2 fully saturated rings. The van der Waals surface area contributed by atoms with Gasteiger partial charge in [-0.3, -0.25) is 9.69 Å². The van der Waals surface area contributed by atoms with Crippen LogP contribution in [0, 0.1) is 0 Å². The Hall–Kier alpha value is -1.70. The second kappa shape index (κ2) is 6.23. The van der Waals surface area contributed by atoms with Gasteiger partial charge in [0.1, 0.15) is 4.32 Å². The highest BCUT2D eigenvalue weighted by molar-refractivity contribution is 8.26. The molecule has 0 spiro atoms. The van der Waals surface area contributed by atoms with Crippen molar-refractivity contribution in [2.24, 2.45) is 0 Å². The number of carbonyl (C=O) groups excluding carboxylic acids is 1. The second-order valence-electron chi connectivity index (χ2n) is 6.18. The molecule has 2 saturated heterocycles. The third-order valence-electron chi connectivity index (χ3n) is 4.51. The van der Waals surface area contributed by atoms with Crippen molar-refractivity contribution < 1.29 is 13.2 Å². The summed E-state index contributed by atoms with van der Waals surface area (Å²) in [6.07, 6.45) is 2.31. The quantitative estimate of drug-likeness (QED) is 0.583. The topological polar surface area (TPSA) is 54.5 Å². The number of fused-ring (bicyclic) bond motifs is 1. The van der Waals surface area contributed by atoms with Gasteiger partial charge in [-0.1, -0.05) is 66.4 Å². The zero-order valence-corrected chi connectivity index (χ0v) is 15.7. The van der Waals surface area contributed by atoms with Crippen LogP contribution in [0.1, 0.15) is 12.0 Å². The van der Waals surface area contributed by atoms with E-state index in [1.165, 1.54) is 16.7 Å². The van der Waals surface area contributed by atoms with Crippen LogP contribution in [0.25, 0.3) is 16.8 Å². The van der Waals surface area contributed by atoms with E-state index in [-0.39, 0.29) is 23.5 Å². The average Bonchev–Trinajstić information content (AvgIpc) is 3.07. The molecule has 0 unspecified atom stereocenters. The van der Waals surface area contributed by atoms with Crippen molar-refractivity contribution in [3.8, 4) is 0 Å². The van der Waals surface area contributed by atoms with E-state index in [2.05, 4.69) is 0 Å². The maximum atomic E-state index is 12.8. The van der Waals surface area contributed by atoms with E-state index in [1.54, 1.807) is 0 Å². The van der Waals surface area contributed by atoms with E-state index in [0.717, 1.165) is 16.3 Å². The number of nitrogens with zero attached hydrogens (tertiary/aromatic N) is 1. The van der Waals surface area contributed by atoms with Gasteiger partial charge in [0.25, 0.3) is 5.91 Å². The molecule has 2 aliphatic heterocycles. The van der Waals surface area contributed by atoms with Crippen molar-refractivity contribution in [3.63, 3.8) is 0 Å². The molecule has 4 rings (SSSR count). The van der Waals surface area contributed by atoms with Gasteiger partial charge in [0.2, 0.25) is 0 Å². The minimum Gasteiger partial charge on any atom is -0.289 e. The number of sulfone groups is 1. The maximum Gasteiger partial charge on any atom is 0.266 e. The SMILES string of the molecule is O=C1/C(=C\c2cccc3ccccc23)SC(=S)N1[C@H]1CCS(=O)(=O)C1. The fraction of sp³-hybridized carbons (Fsp3) is 0.222. The molecule has 128 valence electrons. The normalized spacial score (nSPS) is 24.6. The Labute approximate surface area is 155 Å². The molecule has 0 bridgehead atoms. The summed E-state index contributed by atoms with van der Waals surface area (Å²) < 4.78 is 23.9. The molecule has 0 aromatic heterocycles. The Morgan fingerprint density at radius 1 is 1.16 bits per heavy atom. The fourth-order valence-electron chi connectivity index (χ4n) is 3.29. The van der Waals surface area contributed by atoms with Crippen molar-refractivity contribution in [1.29, 1.82) is 0 Å². The second-order valence-corrected chi connectivity index (χ2v) is 10.1. The molecule has 0 N–H and O–H groups in total. The maximum absolute atomic E-state index is 12.8. The van der Waals surface area contributed by atoms with Crippen molar-refractivity contribution in [3.05, 3.63) is 52.9 Å². The molecule has 2 aliphatic rings. The van der Waals surface area contributed by atoms with Gasteiger partial charge in [0.15, 0.2) is 9.84 Å². The first kappa shape index (κ1) is 16.8. The summed E-state index contributed by atoms with van der Waals surface area (Å²) in [5.74, 6) is -0.0667. The fourth-order valence-corrected chi connectivity index (χ4v) is 6.38. The smallest absolute Gasteiger partial charge is 0.266 e. The molecular formula is C18H15NO3S3. The number of benzene rings is 2. The lowest BCUT2D eigenvalue weighted by Gasteiger charge is -2.20. The molecule has 0 saturated carbocycles. The largest absolute Gasteiger partial charge is 0.289 e. The van der Waals surface area contributed by atoms with Crippen LogP contribution in [0.5, 0.6) is 0 Å². The number of rotatable bonds is 2. The number of carbonyl (C=O) groups is 1. The van der Waals surface area contributed by atoms with Crippen LogP contribution in [-0.4, -0.2) is 41.1 Å². The Bertz CT molecular complexity index is 1020. The predicted molar refractivity (Wildman–Crippen MR) is 106 cm³/mol. The summed E-state index contributed by atoms with van der Waals surface area (Å²) in [7, 11) is -3.07. The number of amides is 1. The molecule has 1 amide bonds. The zero-order chi connectivity index (χ0) is 17.6. The summed E-state index contributed by atoms with van der Waals surface area (Å²) in [4.78, 5) is 14.8. The first-order valence-corrected chi connectivity index (χ1v) is 10.9. The standard InChI is InChI=1S/C18H15NO3S3/c20-17-16(10-13-6-3-5-12-4-1-2-7-15(12)13)24-18(23)19(17)14-8-9-25(21,22)11-14/h1-7,10,14H,8-9,11H2/b16-10+/t14-/m0/s1. The van der Waals surface area contributed by atoms with Gasteiger partial charge in [-0.25, -0.2) is 8.42 Å². The van der Waals surface area contributed by atoms with Gasteiger partial charge in [-0.05, 0) is 28.8 Å². The summed E-state index contributed by atoms with van der Waals surface area (Å²) in [6.45, 7) is 0. The molecule has 0 aliphatic carbocycles. The highest BCUT2D eigenvalue weighted by Gasteiger charge is 2.42. The van der Waals surface area contributed by atoms with Gasteiger partial charge in [0, 0.05) is 0 Å². The minimum absolute atomic E-state index is 0.000980. The van der Waals surface area contributed by atoms with E-state index in [1.807, 2.05) is 48.5 Å². The van der Waals surface area contributed by atoms with E-state index < -0.39 is 9.84 Å². The predicted octanol–water partition coefficient (Wildman–Crippen LogP) is 3.23. The molecular weight excluding hydrogens is 374 g/mol. The lowest BCUT2D eigenvalue weighted by Crippen LogP contribution is -2.39. The Morgan fingerprint density at radius 2 is 1.92 bits per heavy atom. The Morgan fingerprint density at radius 3 is 2.68 bits per heavy atom. The Balaban J connectivity index is 1.69. The zero-order valence-electron chi connectivity index (χ0n) is 13.2. The van der Waals surface area contributed by atoms with E-state index in [4.69, 9.17) is 12.2 Å². The van der Waals surface area contributed by atoms with Crippen LogP contribution in [0.3, 0.4) is 0 Å².